The molecular formula is C14H21ClN2O3. The van der Waals surface area contributed by atoms with Crippen molar-refractivity contribution in [3.05, 3.63) is 29.8 Å². The Labute approximate surface area is 125 Å². The summed E-state index contributed by atoms with van der Waals surface area (Å²) in [7, 11) is 1.48. The lowest BCUT2D eigenvalue weighted by atomic mass is 10.2. The Hall–Kier alpha value is -1.72. The number of hydrogen-bond acceptors (Lipinski definition) is 4. The average molecular weight is 301 g/mol. The molecule has 0 bridgehead atoms. The summed E-state index contributed by atoms with van der Waals surface area (Å²) in [5.41, 5.74) is 6.14. The summed E-state index contributed by atoms with van der Waals surface area (Å²) in [6.45, 7) is 1.26. The third-order valence-corrected chi connectivity index (χ3v) is 2.56. The van der Waals surface area contributed by atoms with Crippen molar-refractivity contribution < 1.29 is 14.6 Å². The molecular weight excluding hydrogens is 280 g/mol. The van der Waals surface area contributed by atoms with Crippen LogP contribution in [-0.4, -0.2) is 31.2 Å². The van der Waals surface area contributed by atoms with Crippen LogP contribution in [0.1, 0.15) is 18.4 Å². The van der Waals surface area contributed by atoms with E-state index in [1.807, 2.05) is 0 Å². The van der Waals surface area contributed by atoms with E-state index in [0.717, 1.165) is 18.4 Å². The molecule has 0 unspecified atom stereocenters. The molecule has 0 aliphatic rings. The molecule has 0 radical (unpaired) electrons. The van der Waals surface area contributed by atoms with E-state index in [1.165, 1.54) is 19.3 Å². The molecule has 0 heterocycles. The highest BCUT2D eigenvalue weighted by atomic mass is 35.5. The molecule has 0 aromatic heterocycles. The standard InChI is InChI=1S/C14H20N2O3.ClH/c1-19-13-10-11(4-6-12(13)17)5-7-14(18)16-9-3-2-8-15;/h4-7,10,17H,2-3,8-9,15H2,1H3,(H,16,18);1H. The van der Waals surface area contributed by atoms with Crippen molar-refractivity contribution in [1.29, 1.82) is 0 Å². The quantitative estimate of drug-likeness (QED) is 0.528. The van der Waals surface area contributed by atoms with Crippen molar-refractivity contribution in [2.75, 3.05) is 20.2 Å². The van der Waals surface area contributed by atoms with E-state index in [9.17, 15) is 9.90 Å². The molecule has 0 saturated heterocycles. The Kier molecular flexibility index (Phi) is 9.24. The Morgan fingerprint density at radius 2 is 2.20 bits per heavy atom. The van der Waals surface area contributed by atoms with Gasteiger partial charge < -0.3 is 20.9 Å². The molecule has 0 saturated carbocycles. The maximum absolute atomic E-state index is 11.5. The lowest BCUT2D eigenvalue weighted by Gasteiger charge is -2.04. The van der Waals surface area contributed by atoms with Gasteiger partial charge in [0.05, 0.1) is 7.11 Å². The van der Waals surface area contributed by atoms with E-state index in [2.05, 4.69) is 5.32 Å². The van der Waals surface area contributed by atoms with Gasteiger partial charge >= 0.3 is 0 Å². The topological polar surface area (TPSA) is 84.6 Å². The van der Waals surface area contributed by atoms with Gasteiger partial charge in [0.25, 0.3) is 0 Å². The van der Waals surface area contributed by atoms with Crippen LogP contribution in [-0.2, 0) is 4.79 Å². The number of phenols is 1. The van der Waals surface area contributed by atoms with Crippen LogP contribution in [0.2, 0.25) is 0 Å². The number of ether oxygens (including phenoxy) is 1. The Bertz CT molecular complexity index is 450. The number of carbonyl (C=O) groups excluding carboxylic acids is 1. The fourth-order valence-corrected chi connectivity index (χ4v) is 1.51. The molecule has 0 atom stereocenters. The maximum atomic E-state index is 11.5. The van der Waals surface area contributed by atoms with Gasteiger partial charge in [0.2, 0.25) is 5.91 Å². The largest absolute Gasteiger partial charge is 0.504 e. The van der Waals surface area contributed by atoms with E-state index in [-0.39, 0.29) is 24.1 Å². The Morgan fingerprint density at radius 1 is 1.45 bits per heavy atom. The first kappa shape index (κ1) is 18.3. The minimum Gasteiger partial charge on any atom is -0.504 e. The first-order valence-corrected chi connectivity index (χ1v) is 6.20. The van der Waals surface area contributed by atoms with Crippen LogP contribution >= 0.6 is 12.4 Å². The van der Waals surface area contributed by atoms with Gasteiger partial charge in [0, 0.05) is 12.6 Å². The molecule has 5 nitrogen and oxygen atoms in total. The molecule has 1 aromatic rings. The molecule has 1 rings (SSSR count). The van der Waals surface area contributed by atoms with E-state index >= 15 is 0 Å². The zero-order valence-corrected chi connectivity index (χ0v) is 12.3. The van der Waals surface area contributed by atoms with Crippen molar-refractivity contribution >= 4 is 24.4 Å². The monoisotopic (exact) mass is 300 g/mol. The van der Waals surface area contributed by atoms with Crippen molar-refractivity contribution in [1.82, 2.24) is 5.32 Å². The second kappa shape index (κ2) is 10.1. The highest BCUT2D eigenvalue weighted by Crippen LogP contribution is 2.26. The SMILES string of the molecule is COc1cc(C=CC(=O)NCCCCN)ccc1O.Cl. The Morgan fingerprint density at radius 3 is 2.85 bits per heavy atom. The van der Waals surface area contributed by atoms with Crippen molar-refractivity contribution in [3.63, 3.8) is 0 Å². The van der Waals surface area contributed by atoms with Crippen LogP contribution < -0.4 is 15.8 Å². The Balaban J connectivity index is 0.00000361. The normalized spacial score (nSPS) is 10.1. The van der Waals surface area contributed by atoms with Crippen LogP contribution in [0.5, 0.6) is 11.5 Å². The summed E-state index contributed by atoms with van der Waals surface area (Å²) in [5.74, 6) is 0.306. The zero-order chi connectivity index (χ0) is 14.1. The fraction of sp³-hybridized carbons (Fsp3) is 0.357. The van der Waals surface area contributed by atoms with Gasteiger partial charge in [-0.15, -0.1) is 12.4 Å². The van der Waals surface area contributed by atoms with E-state index < -0.39 is 0 Å². The minimum absolute atomic E-state index is 0. The molecule has 0 fully saturated rings. The van der Waals surface area contributed by atoms with Crippen LogP contribution in [0.4, 0.5) is 0 Å². The van der Waals surface area contributed by atoms with Crippen LogP contribution in [0, 0.1) is 0 Å². The summed E-state index contributed by atoms with van der Waals surface area (Å²) >= 11 is 0. The smallest absolute Gasteiger partial charge is 0.243 e. The molecule has 0 aliphatic heterocycles. The molecule has 1 amide bonds. The number of aromatic hydroxyl groups is 1. The third-order valence-electron chi connectivity index (χ3n) is 2.56. The van der Waals surface area contributed by atoms with Gasteiger partial charge in [-0.1, -0.05) is 6.07 Å². The lowest BCUT2D eigenvalue weighted by Crippen LogP contribution is -2.22. The number of unbranched alkanes of at least 4 members (excludes halogenated alkanes) is 1. The number of nitrogens with one attached hydrogen (secondary N) is 1. The number of carbonyl (C=O) groups is 1. The summed E-state index contributed by atoms with van der Waals surface area (Å²) in [6.07, 6.45) is 4.90. The number of phenolic OH excluding ortho intramolecular Hbond substituents is 1. The zero-order valence-electron chi connectivity index (χ0n) is 11.5. The molecule has 20 heavy (non-hydrogen) atoms. The number of amides is 1. The van der Waals surface area contributed by atoms with Gasteiger partial charge in [-0.05, 0) is 43.2 Å². The number of hydrogen-bond donors (Lipinski definition) is 3. The van der Waals surface area contributed by atoms with Crippen molar-refractivity contribution in [3.8, 4) is 11.5 Å². The van der Waals surface area contributed by atoms with Crippen molar-refractivity contribution in [2.24, 2.45) is 5.73 Å². The molecule has 6 heteroatoms. The highest BCUT2D eigenvalue weighted by molar-refractivity contribution is 5.91. The van der Waals surface area contributed by atoms with E-state index in [4.69, 9.17) is 10.5 Å². The molecule has 1 aromatic carbocycles. The number of nitrogens with two attached hydrogens (primary N) is 1. The average Bonchev–Trinajstić information content (AvgIpc) is 2.42. The second-order valence-electron chi connectivity index (χ2n) is 4.05. The van der Waals surface area contributed by atoms with Gasteiger partial charge in [-0.2, -0.15) is 0 Å². The summed E-state index contributed by atoms with van der Waals surface area (Å²) < 4.78 is 4.99. The lowest BCUT2D eigenvalue weighted by molar-refractivity contribution is -0.116. The van der Waals surface area contributed by atoms with E-state index in [0.29, 0.717) is 18.8 Å². The van der Waals surface area contributed by atoms with Gasteiger partial charge in [-0.25, -0.2) is 0 Å². The third kappa shape index (κ3) is 6.45. The summed E-state index contributed by atoms with van der Waals surface area (Å²) in [4.78, 5) is 11.5. The fourth-order valence-electron chi connectivity index (χ4n) is 1.51. The number of benzene rings is 1. The minimum atomic E-state index is -0.149. The van der Waals surface area contributed by atoms with Crippen molar-refractivity contribution in [2.45, 2.75) is 12.8 Å². The first-order chi connectivity index (χ1) is 9.17. The summed E-state index contributed by atoms with van der Waals surface area (Å²) in [5, 5.41) is 12.2. The van der Waals surface area contributed by atoms with Crippen LogP contribution in [0.15, 0.2) is 24.3 Å². The van der Waals surface area contributed by atoms with E-state index in [1.54, 1.807) is 18.2 Å². The maximum Gasteiger partial charge on any atom is 0.243 e. The molecule has 112 valence electrons. The van der Waals surface area contributed by atoms with Gasteiger partial charge in [0.15, 0.2) is 11.5 Å². The predicted octanol–water partition coefficient (Wildman–Crippen LogP) is 1.69. The molecule has 0 spiro atoms. The van der Waals surface area contributed by atoms with Crippen LogP contribution in [0.3, 0.4) is 0 Å². The first-order valence-electron chi connectivity index (χ1n) is 6.20. The second-order valence-corrected chi connectivity index (χ2v) is 4.05. The van der Waals surface area contributed by atoms with Crippen LogP contribution in [0.25, 0.3) is 6.08 Å². The number of halogens is 1. The molecule has 0 aliphatic carbocycles. The number of methoxy groups -OCH3 is 1. The predicted molar refractivity (Wildman–Crippen MR) is 82.2 cm³/mol. The summed E-state index contributed by atoms with van der Waals surface area (Å²) in [6, 6.07) is 4.89. The van der Waals surface area contributed by atoms with Gasteiger partial charge in [-0.3, -0.25) is 4.79 Å². The number of rotatable bonds is 7. The highest BCUT2D eigenvalue weighted by Gasteiger charge is 2.01. The molecule has 4 N–H and O–H groups in total. The van der Waals surface area contributed by atoms with Gasteiger partial charge in [0.1, 0.15) is 0 Å².